The van der Waals surface area contributed by atoms with Crippen LogP contribution in [0.2, 0.25) is 0 Å². The Kier molecular flexibility index (Phi) is 3.55. The zero-order valence-corrected chi connectivity index (χ0v) is 12.5. The third-order valence-electron chi connectivity index (χ3n) is 3.77. The maximum atomic E-state index is 12.2. The van der Waals surface area contributed by atoms with Crippen molar-refractivity contribution in [3.05, 3.63) is 64.1 Å². The SMILES string of the molecule is Cc1ccc(NC(=O)Cn2c(=O)[nH]c3ccccc32)cc1C. The Bertz CT molecular complexity index is 906. The Morgan fingerprint density at radius 1 is 1.14 bits per heavy atom. The van der Waals surface area contributed by atoms with Gasteiger partial charge in [-0.25, -0.2) is 4.79 Å². The van der Waals surface area contributed by atoms with Crippen LogP contribution in [0.1, 0.15) is 11.1 Å². The molecule has 0 saturated carbocycles. The Balaban J connectivity index is 1.82. The summed E-state index contributed by atoms with van der Waals surface area (Å²) in [7, 11) is 0. The van der Waals surface area contributed by atoms with E-state index in [0.29, 0.717) is 0 Å². The van der Waals surface area contributed by atoms with Crippen LogP contribution in [0.25, 0.3) is 11.0 Å². The number of amides is 1. The number of para-hydroxylation sites is 2. The number of imidazole rings is 1. The van der Waals surface area contributed by atoms with E-state index < -0.39 is 0 Å². The molecule has 5 nitrogen and oxygen atoms in total. The summed E-state index contributed by atoms with van der Waals surface area (Å²) >= 11 is 0. The molecule has 0 aliphatic heterocycles. The monoisotopic (exact) mass is 295 g/mol. The second-order valence-corrected chi connectivity index (χ2v) is 5.38. The lowest BCUT2D eigenvalue weighted by atomic mass is 10.1. The van der Waals surface area contributed by atoms with Crippen molar-refractivity contribution in [2.45, 2.75) is 20.4 Å². The molecular weight excluding hydrogens is 278 g/mol. The van der Waals surface area contributed by atoms with Gasteiger partial charge in [0, 0.05) is 5.69 Å². The number of anilines is 1. The van der Waals surface area contributed by atoms with Gasteiger partial charge >= 0.3 is 5.69 Å². The largest absolute Gasteiger partial charge is 0.326 e. The molecule has 2 N–H and O–H groups in total. The fraction of sp³-hybridized carbons (Fsp3) is 0.176. The molecule has 1 amide bonds. The van der Waals surface area contributed by atoms with E-state index in [0.717, 1.165) is 22.3 Å². The third kappa shape index (κ3) is 2.65. The highest BCUT2D eigenvalue weighted by Gasteiger charge is 2.10. The van der Waals surface area contributed by atoms with Crippen molar-refractivity contribution in [2.75, 3.05) is 5.32 Å². The van der Waals surface area contributed by atoms with Gasteiger partial charge in [0.05, 0.1) is 11.0 Å². The number of benzene rings is 2. The van der Waals surface area contributed by atoms with Crippen LogP contribution in [0.15, 0.2) is 47.3 Å². The number of aromatic amines is 1. The molecule has 0 saturated heterocycles. The fourth-order valence-electron chi connectivity index (χ4n) is 2.43. The molecule has 0 aliphatic rings. The lowest BCUT2D eigenvalue weighted by Gasteiger charge is -2.08. The smallest absolute Gasteiger partial charge is 0.325 e. The number of carbonyl (C=O) groups excluding carboxylic acids is 1. The van der Waals surface area contributed by atoms with Gasteiger partial charge < -0.3 is 10.3 Å². The van der Waals surface area contributed by atoms with E-state index in [-0.39, 0.29) is 18.1 Å². The minimum atomic E-state index is -0.281. The molecule has 0 atom stereocenters. The van der Waals surface area contributed by atoms with Crippen molar-refractivity contribution >= 4 is 22.6 Å². The molecule has 0 radical (unpaired) electrons. The average Bonchev–Trinajstić information content (AvgIpc) is 2.79. The Morgan fingerprint density at radius 3 is 2.68 bits per heavy atom. The first kappa shape index (κ1) is 14.1. The van der Waals surface area contributed by atoms with Gasteiger partial charge in [-0.2, -0.15) is 0 Å². The van der Waals surface area contributed by atoms with Gasteiger partial charge in [-0.1, -0.05) is 18.2 Å². The minimum Gasteiger partial charge on any atom is -0.325 e. The molecule has 2 aromatic carbocycles. The predicted octanol–water partition coefficient (Wildman–Crippen LogP) is 2.59. The first-order valence-electron chi connectivity index (χ1n) is 7.09. The number of fused-ring (bicyclic) bond motifs is 1. The molecule has 1 heterocycles. The molecule has 3 rings (SSSR count). The Labute approximate surface area is 127 Å². The summed E-state index contributed by atoms with van der Waals surface area (Å²) in [5.74, 6) is -0.227. The van der Waals surface area contributed by atoms with E-state index >= 15 is 0 Å². The van der Waals surface area contributed by atoms with Crippen LogP contribution in [-0.2, 0) is 11.3 Å². The summed E-state index contributed by atoms with van der Waals surface area (Å²) in [5, 5.41) is 2.83. The van der Waals surface area contributed by atoms with Crippen LogP contribution in [0.4, 0.5) is 5.69 Å². The first-order valence-corrected chi connectivity index (χ1v) is 7.09. The van der Waals surface area contributed by atoms with Crippen molar-refractivity contribution in [3.63, 3.8) is 0 Å². The van der Waals surface area contributed by atoms with Crippen molar-refractivity contribution < 1.29 is 4.79 Å². The van der Waals surface area contributed by atoms with Gasteiger partial charge in [-0.3, -0.25) is 9.36 Å². The molecule has 0 spiro atoms. The Hall–Kier alpha value is -2.82. The summed E-state index contributed by atoms with van der Waals surface area (Å²) in [6.45, 7) is 4.00. The van der Waals surface area contributed by atoms with E-state index in [4.69, 9.17) is 0 Å². The van der Waals surface area contributed by atoms with Gasteiger partial charge in [0.15, 0.2) is 0 Å². The number of carbonyl (C=O) groups is 1. The highest BCUT2D eigenvalue weighted by Crippen LogP contribution is 2.14. The van der Waals surface area contributed by atoms with E-state index in [1.165, 1.54) is 10.1 Å². The van der Waals surface area contributed by atoms with Gasteiger partial charge in [0.2, 0.25) is 5.91 Å². The van der Waals surface area contributed by atoms with Crippen molar-refractivity contribution in [2.24, 2.45) is 0 Å². The molecule has 22 heavy (non-hydrogen) atoms. The van der Waals surface area contributed by atoms with Crippen LogP contribution < -0.4 is 11.0 Å². The zero-order chi connectivity index (χ0) is 15.7. The molecule has 0 bridgehead atoms. The van der Waals surface area contributed by atoms with Crippen LogP contribution in [0.3, 0.4) is 0 Å². The highest BCUT2D eigenvalue weighted by atomic mass is 16.2. The van der Waals surface area contributed by atoms with Gasteiger partial charge in [0.1, 0.15) is 6.54 Å². The number of aromatic nitrogens is 2. The fourth-order valence-corrected chi connectivity index (χ4v) is 2.43. The number of aryl methyl sites for hydroxylation is 2. The van der Waals surface area contributed by atoms with Gasteiger partial charge in [-0.15, -0.1) is 0 Å². The zero-order valence-electron chi connectivity index (χ0n) is 12.5. The predicted molar refractivity (Wildman–Crippen MR) is 87.1 cm³/mol. The maximum absolute atomic E-state index is 12.2. The standard InChI is InChI=1S/C17H17N3O2/c1-11-7-8-13(9-12(11)2)18-16(21)10-20-15-6-4-3-5-14(15)19-17(20)22/h3-9H,10H2,1-2H3,(H,18,21)(H,19,22). The number of nitrogens with zero attached hydrogens (tertiary/aromatic N) is 1. The molecule has 0 fully saturated rings. The van der Waals surface area contributed by atoms with Crippen LogP contribution in [0, 0.1) is 13.8 Å². The third-order valence-corrected chi connectivity index (χ3v) is 3.77. The maximum Gasteiger partial charge on any atom is 0.326 e. The quantitative estimate of drug-likeness (QED) is 0.780. The summed E-state index contributed by atoms with van der Waals surface area (Å²) in [6.07, 6.45) is 0. The van der Waals surface area contributed by atoms with Crippen molar-refractivity contribution in [1.29, 1.82) is 0 Å². The lowest BCUT2D eigenvalue weighted by Crippen LogP contribution is -2.25. The van der Waals surface area contributed by atoms with E-state index in [9.17, 15) is 9.59 Å². The van der Waals surface area contributed by atoms with Crippen LogP contribution in [-0.4, -0.2) is 15.5 Å². The number of nitrogens with one attached hydrogen (secondary N) is 2. The average molecular weight is 295 g/mol. The Morgan fingerprint density at radius 2 is 1.91 bits per heavy atom. The number of hydrogen-bond acceptors (Lipinski definition) is 2. The molecular formula is C17H17N3O2. The molecule has 0 aliphatic carbocycles. The van der Waals surface area contributed by atoms with Gasteiger partial charge in [0.25, 0.3) is 0 Å². The van der Waals surface area contributed by atoms with E-state index in [1.54, 1.807) is 0 Å². The lowest BCUT2D eigenvalue weighted by molar-refractivity contribution is -0.116. The molecule has 0 unspecified atom stereocenters. The molecule has 5 heteroatoms. The molecule has 112 valence electrons. The topological polar surface area (TPSA) is 66.9 Å². The molecule has 1 aromatic heterocycles. The number of H-pyrrole nitrogens is 1. The minimum absolute atomic E-state index is 0.0181. The summed E-state index contributed by atoms with van der Waals surface area (Å²) in [4.78, 5) is 26.9. The van der Waals surface area contributed by atoms with Crippen molar-refractivity contribution in [1.82, 2.24) is 9.55 Å². The van der Waals surface area contributed by atoms with Gasteiger partial charge in [-0.05, 0) is 49.2 Å². The number of rotatable bonds is 3. The second kappa shape index (κ2) is 5.52. The van der Waals surface area contributed by atoms with E-state index in [2.05, 4.69) is 10.3 Å². The van der Waals surface area contributed by atoms with E-state index in [1.807, 2.05) is 56.3 Å². The number of hydrogen-bond donors (Lipinski definition) is 2. The summed E-state index contributed by atoms with van der Waals surface area (Å²) in [6, 6.07) is 13.1. The summed E-state index contributed by atoms with van der Waals surface area (Å²) < 4.78 is 1.44. The molecule has 3 aromatic rings. The van der Waals surface area contributed by atoms with Crippen LogP contribution in [0.5, 0.6) is 0 Å². The summed E-state index contributed by atoms with van der Waals surface area (Å²) in [5.41, 5.74) is 4.19. The highest BCUT2D eigenvalue weighted by molar-refractivity contribution is 5.91. The normalized spacial score (nSPS) is 10.8. The first-order chi connectivity index (χ1) is 10.5. The second-order valence-electron chi connectivity index (χ2n) is 5.38. The van der Waals surface area contributed by atoms with Crippen molar-refractivity contribution in [3.8, 4) is 0 Å². The van der Waals surface area contributed by atoms with Crippen LogP contribution >= 0.6 is 0 Å².